The van der Waals surface area contributed by atoms with Crippen LogP contribution in [0.5, 0.6) is 0 Å². The number of rotatable bonds is 8. The Labute approximate surface area is 130 Å². The lowest BCUT2D eigenvalue weighted by atomic mass is 10.0. The van der Waals surface area contributed by atoms with Crippen LogP contribution in [0.4, 0.5) is 0 Å². The summed E-state index contributed by atoms with van der Waals surface area (Å²) < 4.78 is 2.05. The van der Waals surface area contributed by atoms with E-state index in [2.05, 4.69) is 26.7 Å². The Morgan fingerprint density at radius 3 is 2.95 bits per heavy atom. The molecule has 0 bridgehead atoms. The minimum Gasteiger partial charge on any atom is -0.361 e. The molecular weight excluding hydrogens is 274 g/mol. The summed E-state index contributed by atoms with van der Waals surface area (Å²) in [5.41, 5.74) is 2.38. The average Bonchev–Trinajstić information content (AvgIpc) is 3.19. The summed E-state index contributed by atoms with van der Waals surface area (Å²) >= 11 is 0. The summed E-state index contributed by atoms with van der Waals surface area (Å²) in [6, 6.07) is 8.24. The second kappa shape index (κ2) is 7.07. The number of carbonyl (C=O) groups is 1. The molecule has 0 saturated heterocycles. The van der Waals surface area contributed by atoms with E-state index >= 15 is 0 Å². The van der Waals surface area contributed by atoms with E-state index in [9.17, 15) is 4.79 Å². The van der Waals surface area contributed by atoms with Crippen LogP contribution in [0.25, 0.3) is 10.9 Å². The number of hydrogen-bond donors (Lipinski definition) is 1. The number of unbranched alkanes of at least 4 members (excludes halogenated alkanes) is 1. The molecule has 22 heavy (non-hydrogen) atoms. The van der Waals surface area contributed by atoms with Crippen LogP contribution in [0.2, 0.25) is 0 Å². The lowest BCUT2D eigenvalue weighted by Crippen LogP contribution is -2.01. The van der Waals surface area contributed by atoms with Crippen molar-refractivity contribution < 1.29 is 4.79 Å². The molecule has 0 radical (unpaired) electrons. The van der Waals surface area contributed by atoms with Crippen molar-refractivity contribution in [1.82, 2.24) is 14.5 Å². The number of nitrogens with zero attached hydrogens (tertiary/aromatic N) is 2. The topological polar surface area (TPSA) is 50.7 Å². The number of aryl methyl sites for hydroxylation is 2. The molecule has 114 valence electrons. The zero-order chi connectivity index (χ0) is 15.2. The number of H-pyrrole nitrogens is 1. The normalized spacial score (nSPS) is 11.1. The Hall–Kier alpha value is -2.36. The van der Waals surface area contributed by atoms with Crippen LogP contribution in [0.3, 0.4) is 0 Å². The van der Waals surface area contributed by atoms with E-state index in [1.165, 1.54) is 10.9 Å². The van der Waals surface area contributed by atoms with Crippen LogP contribution in [-0.4, -0.2) is 20.3 Å². The standard InChI is InChI=1S/C18H21N3O/c22-16(5-3-4-11-21-12-10-19-14-21)9-8-15-13-20-18-7-2-1-6-17(15)18/h1-2,6-7,10,12-14,20H,3-5,8-9,11H2. The number of ketones is 1. The number of aromatic amines is 1. The number of carbonyl (C=O) groups excluding carboxylic acids is 1. The van der Waals surface area contributed by atoms with Crippen LogP contribution in [-0.2, 0) is 17.8 Å². The zero-order valence-electron chi connectivity index (χ0n) is 12.7. The Balaban J connectivity index is 1.40. The Bertz CT molecular complexity index is 728. The molecule has 0 saturated carbocycles. The largest absolute Gasteiger partial charge is 0.361 e. The van der Waals surface area contributed by atoms with Gasteiger partial charge in [-0.2, -0.15) is 0 Å². The first-order chi connectivity index (χ1) is 10.8. The first-order valence-corrected chi connectivity index (χ1v) is 7.85. The summed E-state index contributed by atoms with van der Waals surface area (Å²) in [5, 5.41) is 1.23. The average molecular weight is 295 g/mol. The number of para-hydroxylation sites is 1. The Morgan fingerprint density at radius 1 is 1.18 bits per heavy atom. The smallest absolute Gasteiger partial charge is 0.133 e. The molecule has 4 nitrogen and oxygen atoms in total. The number of nitrogens with one attached hydrogen (secondary N) is 1. The molecule has 0 aliphatic heterocycles. The molecule has 0 unspecified atom stereocenters. The van der Waals surface area contributed by atoms with Gasteiger partial charge in [0.1, 0.15) is 5.78 Å². The zero-order valence-corrected chi connectivity index (χ0v) is 12.7. The number of Topliss-reactive ketones (excluding diaryl/α,β-unsaturated/α-hetero) is 1. The first kappa shape index (κ1) is 14.6. The molecule has 1 aromatic carbocycles. The number of imidazole rings is 1. The highest BCUT2D eigenvalue weighted by molar-refractivity contribution is 5.84. The highest BCUT2D eigenvalue weighted by Gasteiger charge is 2.06. The summed E-state index contributed by atoms with van der Waals surface area (Å²) in [6.45, 7) is 0.940. The highest BCUT2D eigenvalue weighted by atomic mass is 16.1. The quantitative estimate of drug-likeness (QED) is 0.644. The number of aromatic nitrogens is 3. The maximum atomic E-state index is 12.0. The predicted octanol–water partition coefficient (Wildman–Crippen LogP) is 3.74. The van der Waals surface area contributed by atoms with Crippen molar-refractivity contribution in [3.8, 4) is 0 Å². The molecule has 3 aromatic rings. The molecule has 3 rings (SSSR count). The minimum absolute atomic E-state index is 0.357. The number of fused-ring (bicyclic) bond motifs is 1. The number of hydrogen-bond acceptors (Lipinski definition) is 2. The van der Waals surface area contributed by atoms with Crippen LogP contribution in [0.1, 0.15) is 31.2 Å². The van der Waals surface area contributed by atoms with Crippen molar-refractivity contribution in [3.05, 3.63) is 54.7 Å². The van der Waals surface area contributed by atoms with E-state index in [1.807, 2.05) is 30.9 Å². The van der Waals surface area contributed by atoms with E-state index < -0.39 is 0 Å². The lowest BCUT2D eigenvalue weighted by Gasteiger charge is -2.03. The van der Waals surface area contributed by atoms with E-state index in [0.29, 0.717) is 18.6 Å². The summed E-state index contributed by atoms with van der Waals surface area (Å²) in [5.74, 6) is 0.357. The molecule has 0 aliphatic carbocycles. The van der Waals surface area contributed by atoms with Gasteiger partial charge < -0.3 is 9.55 Å². The van der Waals surface area contributed by atoms with Crippen molar-refractivity contribution in [2.45, 2.75) is 38.6 Å². The van der Waals surface area contributed by atoms with Gasteiger partial charge in [0.15, 0.2) is 0 Å². The maximum absolute atomic E-state index is 12.0. The van der Waals surface area contributed by atoms with Crippen LogP contribution in [0.15, 0.2) is 49.2 Å². The molecule has 0 spiro atoms. The molecule has 0 atom stereocenters. The Morgan fingerprint density at radius 2 is 2.09 bits per heavy atom. The van der Waals surface area contributed by atoms with Gasteiger partial charge in [-0.1, -0.05) is 18.2 Å². The van der Waals surface area contributed by atoms with Crippen molar-refractivity contribution in [3.63, 3.8) is 0 Å². The summed E-state index contributed by atoms with van der Waals surface area (Å²) in [6.07, 6.45) is 11.7. The van der Waals surface area contributed by atoms with Crippen LogP contribution < -0.4 is 0 Å². The van der Waals surface area contributed by atoms with Crippen molar-refractivity contribution >= 4 is 16.7 Å². The fourth-order valence-electron chi connectivity index (χ4n) is 2.77. The van der Waals surface area contributed by atoms with Crippen molar-refractivity contribution in [2.75, 3.05) is 0 Å². The Kier molecular flexibility index (Phi) is 4.68. The summed E-state index contributed by atoms with van der Waals surface area (Å²) in [4.78, 5) is 19.3. The predicted molar refractivity (Wildman–Crippen MR) is 87.7 cm³/mol. The van der Waals surface area contributed by atoms with E-state index in [0.717, 1.165) is 31.3 Å². The van der Waals surface area contributed by atoms with E-state index in [1.54, 1.807) is 6.20 Å². The first-order valence-electron chi connectivity index (χ1n) is 7.85. The van der Waals surface area contributed by atoms with Gasteiger partial charge in [-0.05, 0) is 30.9 Å². The van der Waals surface area contributed by atoms with Gasteiger partial charge in [0.25, 0.3) is 0 Å². The minimum atomic E-state index is 0.357. The van der Waals surface area contributed by atoms with Gasteiger partial charge in [0, 0.05) is 48.9 Å². The van der Waals surface area contributed by atoms with Gasteiger partial charge in [-0.3, -0.25) is 4.79 Å². The maximum Gasteiger partial charge on any atom is 0.133 e. The summed E-state index contributed by atoms with van der Waals surface area (Å²) in [7, 11) is 0. The monoisotopic (exact) mass is 295 g/mol. The fourth-order valence-corrected chi connectivity index (χ4v) is 2.77. The van der Waals surface area contributed by atoms with Gasteiger partial charge in [-0.15, -0.1) is 0 Å². The van der Waals surface area contributed by atoms with Gasteiger partial charge in [0.05, 0.1) is 6.33 Å². The van der Waals surface area contributed by atoms with Crippen molar-refractivity contribution in [1.29, 1.82) is 0 Å². The van der Waals surface area contributed by atoms with Crippen molar-refractivity contribution in [2.24, 2.45) is 0 Å². The molecular formula is C18H21N3O. The van der Waals surface area contributed by atoms with Crippen LogP contribution >= 0.6 is 0 Å². The molecule has 0 fully saturated rings. The van der Waals surface area contributed by atoms with Gasteiger partial charge in [-0.25, -0.2) is 4.98 Å². The molecule has 0 aliphatic rings. The second-order valence-electron chi connectivity index (χ2n) is 5.66. The van der Waals surface area contributed by atoms with E-state index in [-0.39, 0.29) is 0 Å². The highest BCUT2D eigenvalue weighted by Crippen LogP contribution is 2.19. The molecule has 1 N–H and O–H groups in total. The number of benzene rings is 1. The molecule has 2 heterocycles. The third-order valence-corrected chi connectivity index (χ3v) is 4.03. The van der Waals surface area contributed by atoms with Gasteiger partial charge >= 0.3 is 0 Å². The van der Waals surface area contributed by atoms with Gasteiger partial charge in [0.2, 0.25) is 0 Å². The lowest BCUT2D eigenvalue weighted by molar-refractivity contribution is -0.119. The third-order valence-electron chi connectivity index (χ3n) is 4.03. The van der Waals surface area contributed by atoms with E-state index in [4.69, 9.17) is 0 Å². The van der Waals surface area contributed by atoms with Crippen LogP contribution in [0, 0.1) is 0 Å². The SMILES string of the molecule is O=C(CCCCn1ccnc1)CCc1c[nH]c2ccccc12. The fraction of sp³-hybridized carbons (Fsp3) is 0.333. The second-order valence-corrected chi connectivity index (χ2v) is 5.66. The molecule has 4 heteroatoms. The molecule has 0 amide bonds. The molecule has 2 aromatic heterocycles. The third kappa shape index (κ3) is 3.64.